The van der Waals surface area contributed by atoms with Crippen molar-refractivity contribution < 1.29 is 9.90 Å². The van der Waals surface area contributed by atoms with Crippen molar-refractivity contribution in [2.45, 2.75) is 19.3 Å². The highest BCUT2D eigenvalue weighted by Gasteiger charge is 2.18. The number of hydrogen-bond donors (Lipinski definition) is 2. The first-order chi connectivity index (χ1) is 9.69. The van der Waals surface area contributed by atoms with Gasteiger partial charge in [-0.3, -0.25) is 4.79 Å². The molecular formula is C15H21ClN2O2. The highest BCUT2D eigenvalue weighted by atomic mass is 35.5. The fraction of sp³-hybridized carbons (Fsp3) is 0.533. The molecule has 1 amide bonds. The van der Waals surface area contributed by atoms with Gasteiger partial charge in [0.05, 0.1) is 10.7 Å². The number of piperidine rings is 1. The zero-order chi connectivity index (χ0) is 14.4. The van der Waals surface area contributed by atoms with Gasteiger partial charge >= 0.3 is 0 Å². The van der Waals surface area contributed by atoms with Crippen LogP contribution in [0.25, 0.3) is 0 Å². The molecule has 0 bridgehead atoms. The molecule has 2 rings (SSSR count). The lowest BCUT2D eigenvalue weighted by molar-refractivity contribution is -0.116. The molecule has 1 aromatic rings. The Labute approximate surface area is 124 Å². The lowest BCUT2D eigenvalue weighted by Gasteiger charge is -2.30. The molecule has 0 atom stereocenters. The van der Waals surface area contributed by atoms with E-state index in [0.29, 0.717) is 23.0 Å². The van der Waals surface area contributed by atoms with Gasteiger partial charge in [0, 0.05) is 19.6 Å². The minimum atomic E-state index is -0.0117. The maximum atomic E-state index is 11.9. The maximum Gasteiger partial charge on any atom is 0.225 e. The van der Waals surface area contributed by atoms with Crippen molar-refractivity contribution in [2.24, 2.45) is 5.92 Å². The van der Waals surface area contributed by atoms with Crippen molar-refractivity contribution in [3.8, 4) is 0 Å². The quantitative estimate of drug-likeness (QED) is 0.877. The molecule has 4 nitrogen and oxygen atoms in total. The Bertz CT molecular complexity index is 445. The third-order valence-corrected chi connectivity index (χ3v) is 4.10. The number of anilines is 1. The molecule has 110 valence electrons. The summed E-state index contributed by atoms with van der Waals surface area (Å²) in [6, 6.07) is 7.24. The Morgan fingerprint density at radius 1 is 1.35 bits per heavy atom. The van der Waals surface area contributed by atoms with Gasteiger partial charge in [-0.1, -0.05) is 23.7 Å². The number of nitrogens with one attached hydrogen (secondary N) is 1. The molecule has 1 aliphatic rings. The zero-order valence-corrected chi connectivity index (χ0v) is 12.3. The minimum absolute atomic E-state index is 0.0117. The second-order valence-electron chi connectivity index (χ2n) is 5.25. The molecular weight excluding hydrogens is 276 g/mol. The summed E-state index contributed by atoms with van der Waals surface area (Å²) in [5.41, 5.74) is 0.665. The number of rotatable bonds is 5. The summed E-state index contributed by atoms with van der Waals surface area (Å²) in [5.74, 6) is 0.422. The molecule has 0 spiro atoms. The third-order valence-electron chi connectivity index (χ3n) is 3.77. The Morgan fingerprint density at radius 2 is 2.05 bits per heavy atom. The van der Waals surface area contributed by atoms with Gasteiger partial charge in [0.2, 0.25) is 5.91 Å². The van der Waals surface area contributed by atoms with Crippen molar-refractivity contribution in [3.63, 3.8) is 0 Å². The monoisotopic (exact) mass is 296 g/mol. The van der Waals surface area contributed by atoms with Gasteiger partial charge < -0.3 is 15.3 Å². The van der Waals surface area contributed by atoms with Crippen LogP contribution >= 0.6 is 11.6 Å². The number of likely N-dealkylation sites (tertiary alicyclic amines) is 1. The van der Waals surface area contributed by atoms with E-state index in [1.54, 1.807) is 12.1 Å². The second-order valence-corrected chi connectivity index (χ2v) is 5.65. The number of aliphatic hydroxyl groups is 1. The van der Waals surface area contributed by atoms with Crippen molar-refractivity contribution >= 4 is 23.2 Å². The molecule has 1 heterocycles. The molecule has 0 saturated carbocycles. The van der Waals surface area contributed by atoms with Gasteiger partial charge in [0.1, 0.15) is 0 Å². The van der Waals surface area contributed by atoms with Gasteiger partial charge in [-0.25, -0.2) is 0 Å². The maximum absolute atomic E-state index is 11.9. The smallest absolute Gasteiger partial charge is 0.225 e. The summed E-state index contributed by atoms with van der Waals surface area (Å²) < 4.78 is 0. The predicted octanol–water partition coefficient (Wildman–Crippen LogP) is 2.37. The predicted molar refractivity (Wildman–Crippen MR) is 80.9 cm³/mol. The van der Waals surface area contributed by atoms with Crippen LogP contribution in [0.4, 0.5) is 5.69 Å². The average molecular weight is 297 g/mol. The van der Waals surface area contributed by atoms with Crippen molar-refractivity contribution in [1.29, 1.82) is 0 Å². The third kappa shape index (κ3) is 4.47. The van der Waals surface area contributed by atoms with E-state index in [4.69, 9.17) is 16.7 Å². The van der Waals surface area contributed by atoms with E-state index < -0.39 is 0 Å². The normalized spacial score (nSPS) is 17.1. The molecule has 0 radical (unpaired) electrons. The van der Waals surface area contributed by atoms with E-state index in [9.17, 15) is 4.79 Å². The first-order valence-electron chi connectivity index (χ1n) is 7.06. The summed E-state index contributed by atoms with van der Waals surface area (Å²) in [7, 11) is 0. The Hall–Kier alpha value is -1.10. The van der Waals surface area contributed by atoms with E-state index in [0.717, 1.165) is 32.5 Å². The van der Waals surface area contributed by atoms with Crippen LogP contribution in [-0.2, 0) is 4.79 Å². The van der Waals surface area contributed by atoms with E-state index in [1.165, 1.54) is 0 Å². The number of nitrogens with zero attached hydrogens (tertiary/aromatic N) is 1. The van der Waals surface area contributed by atoms with E-state index in [2.05, 4.69) is 10.2 Å². The summed E-state index contributed by atoms with van der Waals surface area (Å²) in [5, 5.41) is 12.5. The number of benzene rings is 1. The second kappa shape index (κ2) is 7.62. The van der Waals surface area contributed by atoms with Crippen LogP contribution < -0.4 is 5.32 Å². The topological polar surface area (TPSA) is 52.6 Å². The standard InChI is InChI=1S/C15H21ClN2O2/c16-13-3-1-2-4-14(13)17-15(20)7-10-18-8-5-12(11-19)6-9-18/h1-4,12,19H,5-11H2,(H,17,20). The number of halogens is 1. The number of amides is 1. The highest BCUT2D eigenvalue weighted by Crippen LogP contribution is 2.21. The number of hydrogen-bond acceptors (Lipinski definition) is 3. The molecule has 0 aliphatic carbocycles. The highest BCUT2D eigenvalue weighted by molar-refractivity contribution is 6.33. The van der Waals surface area contributed by atoms with Gasteiger partial charge in [0.15, 0.2) is 0 Å². The zero-order valence-electron chi connectivity index (χ0n) is 11.5. The fourth-order valence-corrected chi connectivity index (χ4v) is 2.61. The molecule has 1 saturated heterocycles. The fourth-order valence-electron chi connectivity index (χ4n) is 2.43. The van der Waals surface area contributed by atoms with Gasteiger partial charge in [0.25, 0.3) is 0 Å². The number of para-hydroxylation sites is 1. The molecule has 20 heavy (non-hydrogen) atoms. The van der Waals surface area contributed by atoms with Crippen LogP contribution in [0.2, 0.25) is 5.02 Å². The van der Waals surface area contributed by atoms with Crippen LogP contribution in [0.1, 0.15) is 19.3 Å². The number of carbonyl (C=O) groups excluding carboxylic acids is 1. The molecule has 1 aromatic carbocycles. The minimum Gasteiger partial charge on any atom is -0.396 e. The summed E-state index contributed by atoms with van der Waals surface area (Å²) >= 11 is 6.00. The molecule has 1 aliphatic heterocycles. The van der Waals surface area contributed by atoms with E-state index >= 15 is 0 Å². The molecule has 2 N–H and O–H groups in total. The number of carbonyl (C=O) groups is 1. The molecule has 5 heteroatoms. The van der Waals surface area contributed by atoms with Gasteiger partial charge in [-0.2, -0.15) is 0 Å². The van der Waals surface area contributed by atoms with E-state index in [-0.39, 0.29) is 12.5 Å². The van der Waals surface area contributed by atoms with Crippen LogP contribution in [0, 0.1) is 5.92 Å². The SMILES string of the molecule is O=C(CCN1CCC(CO)CC1)Nc1ccccc1Cl. The Morgan fingerprint density at radius 3 is 2.70 bits per heavy atom. The van der Waals surface area contributed by atoms with Crippen LogP contribution in [0.15, 0.2) is 24.3 Å². The van der Waals surface area contributed by atoms with Gasteiger partial charge in [-0.05, 0) is 44.0 Å². The van der Waals surface area contributed by atoms with Crippen molar-refractivity contribution in [3.05, 3.63) is 29.3 Å². The molecule has 0 unspecified atom stereocenters. The molecule has 0 aromatic heterocycles. The van der Waals surface area contributed by atoms with Gasteiger partial charge in [-0.15, -0.1) is 0 Å². The summed E-state index contributed by atoms with van der Waals surface area (Å²) in [4.78, 5) is 14.2. The van der Waals surface area contributed by atoms with Crippen LogP contribution in [-0.4, -0.2) is 42.2 Å². The van der Waals surface area contributed by atoms with Crippen LogP contribution in [0.5, 0.6) is 0 Å². The Kier molecular flexibility index (Phi) is 5.83. The molecule has 1 fully saturated rings. The average Bonchev–Trinajstić information content (AvgIpc) is 2.48. The first kappa shape index (κ1) is 15.3. The van der Waals surface area contributed by atoms with Crippen molar-refractivity contribution in [1.82, 2.24) is 4.90 Å². The summed E-state index contributed by atoms with van der Waals surface area (Å²) in [6.07, 6.45) is 2.50. The van der Waals surface area contributed by atoms with Crippen LogP contribution in [0.3, 0.4) is 0 Å². The summed E-state index contributed by atoms with van der Waals surface area (Å²) in [6.45, 7) is 2.96. The first-order valence-corrected chi connectivity index (χ1v) is 7.44. The Balaban J connectivity index is 1.72. The lowest BCUT2D eigenvalue weighted by atomic mass is 9.98. The number of aliphatic hydroxyl groups excluding tert-OH is 1. The van der Waals surface area contributed by atoms with E-state index in [1.807, 2.05) is 12.1 Å². The lowest BCUT2D eigenvalue weighted by Crippen LogP contribution is -2.36. The van der Waals surface area contributed by atoms with Crippen molar-refractivity contribution in [2.75, 3.05) is 31.6 Å². The largest absolute Gasteiger partial charge is 0.396 e.